The lowest BCUT2D eigenvalue weighted by Gasteiger charge is -2.21. The highest BCUT2D eigenvalue weighted by Crippen LogP contribution is 2.75. The molecule has 1 aliphatic rings. The van der Waals surface area contributed by atoms with Crippen LogP contribution in [0.2, 0.25) is 0 Å². The van der Waals surface area contributed by atoms with Crippen LogP contribution in [-0.2, 0) is 62.7 Å². The van der Waals surface area contributed by atoms with E-state index in [-0.39, 0.29) is 18.4 Å². The number of aliphatic hydroxyl groups excluding tert-OH is 1. The highest BCUT2D eigenvalue weighted by Gasteiger charge is 2.50. The number of aromatic nitrogens is 2. The zero-order chi connectivity index (χ0) is 41.7. The van der Waals surface area contributed by atoms with E-state index in [4.69, 9.17) is 10.3 Å². The highest BCUT2D eigenvalue weighted by molar-refractivity contribution is 7.72. The van der Waals surface area contributed by atoms with Crippen LogP contribution in [0.25, 0.3) is 10.4 Å². The molecule has 1 aromatic rings. The molecule has 0 saturated carbocycles. The fourth-order valence-electron chi connectivity index (χ4n) is 4.51. The molecule has 2 heterocycles. The Labute approximate surface area is 311 Å². The Kier molecular flexibility index (Phi) is 19.7. The van der Waals surface area contributed by atoms with Crippen LogP contribution in [0.1, 0.15) is 76.0 Å². The Hall–Kier alpha value is -1.23. The molecule has 8 N–H and O–H groups in total. The predicted octanol–water partition coefficient (Wildman–Crippen LogP) is 4.03. The van der Waals surface area contributed by atoms with E-state index in [1.54, 1.807) is 0 Å². The molecule has 0 aromatic carbocycles. The number of aromatic amines is 1. The first-order chi connectivity index (χ1) is 25.3. The minimum atomic E-state index is -6.46. The Morgan fingerprint density at radius 2 is 1.20 bits per heavy atom. The molecule has 1 fully saturated rings. The first-order valence-corrected chi connectivity index (χ1v) is 24.7. The standard InChI is InChI=1S/C21H41N5O23P6/c1-16-14-26(21(29)24-20(16)28)19-13-17(27)18(44-19)15-43-51(32,33)46-53(36,37)48-55(40,41)49-54(38,39)47-52(34,35)45-50(30,31)42-12-10-8-6-4-2-3-5-7-9-11-23-25-22/h14,17-19,27H,2-13,15H2,1H3,(H,30,31)(H,32,33)(H,34,35)(H,36,37)(H,38,39)(H,40,41)(H,24,28,29)/t17?,18-,19-/m1/s1. The van der Waals surface area contributed by atoms with Gasteiger partial charge in [-0.05, 0) is 25.3 Å². The maximum absolute atomic E-state index is 12.2. The molecule has 0 amide bonds. The van der Waals surface area contributed by atoms with Crippen molar-refractivity contribution in [3.63, 3.8) is 0 Å². The summed E-state index contributed by atoms with van der Waals surface area (Å²) in [5, 5.41) is 13.6. The van der Waals surface area contributed by atoms with Crippen LogP contribution in [0, 0.1) is 6.92 Å². The fourth-order valence-corrected chi connectivity index (χ4v) is 12.3. The smallest absolute Gasteiger partial charge is 0.390 e. The van der Waals surface area contributed by atoms with E-state index in [1.807, 2.05) is 4.98 Å². The Balaban J connectivity index is 1.81. The monoisotopic (exact) mass is 917 g/mol. The van der Waals surface area contributed by atoms with Gasteiger partial charge in [0.05, 0.1) is 19.3 Å². The molecule has 9 atom stereocenters. The van der Waals surface area contributed by atoms with Gasteiger partial charge in [0.2, 0.25) is 0 Å². The van der Waals surface area contributed by atoms with Crippen LogP contribution in [0.3, 0.4) is 0 Å². The molecule has 0 aliphatic carbocycles. The van der Waals surface area contributed by atoms with Crippen LogP contribution in [0.15, 0.2) is 20.9 Å². The third-order valence-electron chi connectivity index (χ3n) is 6.81. The minimum Gasteiger partial charge on any atom is -0.390 e. The second kappa shape index (κ2) is 21.7. The van der Waals surface area contributed by atoms with Gasteiger partial charge in [-0.1, -0.05) is 50.1 Å². The number of nitrogens with zero attached hydrogens (tertiary/aromatic N) is 4. The van der Waals surface area contributed by atoms with Crippen LogP contribution < -0.4 is 11.2 Å². The molecule has 55 heavy (non-hydrogen) atoms. The molecule has 2 rings (SSSR count). The van der Waals surface area contributed by atoms with E-state index in [2.05, 4.69) is 40.6 Å². The van der Waals surface area contributed by atoms with Crippen LogP contribution >= 0.6 is 46.9 Å². The molecule has 318 valence electrons. The highest BCUT2D eigenvalue weighted by atomic mass is 31.3. The van der Waals surface area contributed by atoms with Gasteiger partial charge in [0.25, 0.3) is 5.56 Å². The molecular formula is C21H41N5O23P6. The summed E-state index contributed by atoms with van der Waals surface area (Å²) in [5.74, 6) is 0. The Bertz CT molecular complexity index is 1900. The van der Waals surface area contributed by atoms with Gasteiger partial charge in [0, 0.05) is 29.6 Å². The van der Waals surface area contributed by atoms with Crippen LogP contribution in [0.5, 0.6) is 0 Å². The maximum Gasteiger partial charge on any atom is 0.490 e. The third-order valence-corrected chi connectivity index (χ3v) is 16.1. The predicted molar refractivity (Wildman–Crippen MR) is 182 cm³/mol. The molecule has 7 unspecified atom stereocenters. The number of hydrogen-bond acceptors (Lipinski definition) is 18. The summed E-state index contributed by atoms with van der Waals surface area (Å²) in [6, 6.07) is 0. The van der Waals surface area contributed by atoms with Gasteiger partial charge in [0.1, 0.15) is 12.3 Å². The number of unbranched alkanes of at least 4 members (excludes halogenated alkanes) is 8. The second-order valence-electron chi connectivity index (χ2n) is 11.4. The molecule has 1 aliphatic heterocycles. The van der Waals surface area contributed by atoms with Crippen LogP contribution in [0.4, 0.5) is 0 Å². The lowest BCUT2D eigenvalue weighted by molar-refractivity contribution is -0.0450. The van der Waals surface area contributed by atoms with Gasteiger partial charge >= 0.3 is 52.6 Å². The largest absolute Gasteiger partial charge is 0.490 e. The molecule has 28 nitrogen and oxygen atoms in total. The first kappa shape index (κ1) is 49.9. The summed E-state index contributed by atoms with van der Waals surface area (Å²) < 4.78 is 106. The van der Waals surface area contributed by atoms with Gasteiger partial charge < -0.3 is 39.2 Å². The summed E-state index contributed by atoms with van der Waals surface area (Å²) in [4.78, 5) is 86.4. The maximum atomic E-state index is 12.2. The number of aliphatic hydroxyl groups is 1. The molecular weight excluding hydrogens is 876 g/mol. The summed E-state index contributed by atoms with van der Waals surface area (Å²) in [6.07, 6.45) is 3.28. The molecule has 34 heteroatoms. The van der Waals surface area contributed by atoms with E-state index in [0.29, 0.717) is 19.4 Å². The Morgan fingerprint density at radius 1 is 0.764 bits per heavy atom. The quantitative estimate of drug-likeness (QED) is 0.0203. The van der Waals surface area contributed by atoms with Gasteiger partial charge in [-0.2, -0.15) is 21.6 Å². The number of H-pyrrole nitrogens is 1. The normalized spacial score (nSPS) is 24.0. The van der Waals surface area contributed by atoms with Crippen LogP contribution in [-0.4, -0.2) is 76.0 Å². The fraction of sp³-hybridized carbons (Fsp3) is 0.810. The summed E-state index contributed by atoms with van der Waals surface area (Å²) in [6.45, 7) is 0.212. The lowest BCUT2D eigenvalue weighted by Crippen LogP contribution is -2.33. The summed E-state index contributed by atoms with van der Waals surface area (Å²) in [7, 11) is -36.7. The Morgan fingerprint density at radius 3 is 1.69 bits per heavy atom. The number of ether oxygens (including phenoxy) is 1. The number of phosphoric acid groups is 6. The van der Waals surface area contributed by atoms with Gasteiger partial charge in [-0.25, -0.2) is 32.2 Å². The van der Waals surface area contributed by atoms with Gasteiger partial charge in [-0.15, -0.1) is 0 Å². The average Bonchev–Trinajstić information content (AvgIpc) is 3.37. The molecule has 0 radical (unpaired) electrons. The number of azide groups is 1. The van der Waals surface area contributed by atoms with E-state index >= 15 is 0 Å². The SMILES string of the molecule is Cc1cn([C@H]2CC(O)[C@@H](COP(=O)(O)OP(=O)(O)OP(=O)(O)OP(=O)(O)OP(=O)(O)OP(=O)(O)OCCCCCCCCCCCN=[N+]=[N-])O2)c(=O)[nH]c1=O. The lowest BCUT2D eigenvalue weighted by atomic mass is 10.1. The average molecular weight is 917 g/mol. The summed E-state index contributed by atoms with van der Waals surface area (Å²) in [5.41, 5.74) is 6.67. The number of nitrogens with one attached hydrogen (secondary N) is 1. The second-order valence-corrected chi connectivity index (χ2v) is 20.8. The van der Waals surface area contributed by atoms with Crippen molar-refractivity contribution >= 4 is 46.9 Å². The van der Waals surface area contributed by atoms with Crippen molar-refractivity contribution in [3.05, 3.63) is 43.0 Å². The third kappa shape index (κ3) is 19.9. The molecule has 0 bridgehead atoms. The van der Waals surface area contributed by atoms with Crippen molar-refractivity contribution in [2.75, 3.05) is 19.8 Å². The molecule has 0 spiro atoms. The van der Waals surface area contributed by atoms with E-state index in [0.717, 1.165) is 49.3 Å². The summed E-state index contributed by atoms with van der Waals surface area (Å²) >= 11 is 0. The van der Waals surface area contributed by atoms with Crippen molar-refractivity contribution in [3.8, 4) is 0 Å². The zero-order valence-electron chi connectivity index (χ0n) is 28.6. The van der Waals surface area contributed by atoms with Crippen molar-refractivity contribution < 1.29 is 97.2 Å². The van der Waals surface area contributed by atoms with Crippen molar-refractivity contribution in [1.29, 1.82) is 0 Å². The number of aryl methyl sites for hydroxylation is 1. The van der Waals surface area contributed by atoms with Crippen molar-refractivity contribution in [1.82, 2.24) is 9.55 Å². The topological polar surface area (TPSA) is 421 Å². The molecule has 1 saturated heterocycles. The molecule has 1 aromatic heterocycles. The number of rotatable bonds is 27. The van der Waals surface area contributed by atoms with Crippen molar-refractivity contribution in [2.24, 2.45) is 5.11 Å². The zero-order valence-corrected chi connectivity index (χ0v) is 34.0. The van der Waals surface area contributed by atoms with E-state index < -0.39 is 89.8 Å². The number of phosphoric ester groups is 2. The number of hydrogen-bond donors (Lipinski definition) is 8. The van der Waals surface area contributed by atoms with E-state index in [9.17, 15) is 71.4 Å². The van der Waals surface area contributed by atoms with E-state index in [1.165, 1.54) is 6.92 Å². The van der Waals surface area contributed by atoms with Crippen molar-refractivity contribution in [2.45, 2.75) is 89.6 Å². The minimum absolute atomic E-state index is 0.0893. The first-order valence-electron chi connectivity index (χ1n) is 15.8. The van der Waals surface area contributed by atoms with Gasteiger partial charge in [-0.3, -0.25) is 23.4 Å². The van der Waals surface area contributed by atoms with Gasteiger partial charge in [0.15, 0.2) is 0 Å².